The Hall–Kier alpha value is -1.36. The van der Waals surface area contributed by atoms with Crippen molar-refractivity contribution in [1.82, 2.24) is 4.90 Å². The standard InChI is InChI=1S/C11H15NO3S/c1-4-12(5-2)10(13)9-7(3)8(6-16-9)11(14)15/h6H,4-5H2,1-3H3,(H,14,15). The van der Waals surface area contributed by atoms with Crippen LogP contribution < -0.4 is 0 Å². The molecule has 0 aliphatic heterocycles. The molecule has 1 rings (SSSR count). The molecule has 0 atom stereocenters. The summed E-state index contributed by atoms with van der Waals surface area (Å²) in [5, 5.41) is 10.4. The van der Waals surface area contributed by atoms with Gasteiger partial charge >= 0.3 is 5.97 Å². The first-order valence-corrected chi connectivity index (χ1v) is 6.01. The molecule has 0 unspecified atom stereocenters. The first-order valence-electron chi connectivity index (χ1n) is 5.13. The predicted octanol–water partition coefficient (Wildman–Crippen LogP) is 2.24. The fraction of sp³-hybridized carbons (Fsp3) is 0.455. The molecule has 1 N–H and O–H groups in total. The lowest BCUT2D eigenvalue weighted by Gasteiger charge is -2.17. The Morgan fingerprint density at radius 3 is 2.31 bits per heavy atom. The fourth-order valence-corrected chi connectivity index (χ4v) is 2.52. The summed E-state index contributed by atoms with van der Waals surface area (Å²) >= 11 is 1.20. The van der Waals surface area contributed by atoms with Gasteiger partial charge in [0.25, 0.3) is 5.91 Å². The monoisotopic (exact) mass is 241 g/mol. The third-order valence-electron chi connectivity index (χ3n) is 2.51. The number of nitrogens with zero attached hydrogens (tertiary/aromatic N) is 1. The minimum absolute atomic E-state index is 0.0833. The van der Waals surface area contributed by atoms with Crippen LogP contribution in [0.4, 0.5) is 0 Å². The summed E-state index contributed by atoms with van der Waals surface area (Å²) in [5.74, 6) is -1.06. The highest BCUT2D eigenvalue weighted by atomic mass is 32.1. The lowest BCUT2D eigenvalue weighted by molar-refractivity contribution is 0.0696. The molecule has 88 valence electrons. The number of aromatic carboxylic acids is 1. The molecule has 0 saturated carbocycles. The molecule has 4 nitrogen and oxygen atoms in total. The number of carbonyl (C=O) groups excluding carboxylic acids is 1. The minimum atomic E-state index is -0.979. The second-order valence-electron chi connectivity index (χ2n) is 3.39. The summed E-state index contributed by atoms with van der Waals surface area (Å²) in [6.45, 7) is 6.76. The van der Waals surface area contributed by atoms with E-state index >= 15 is 0 Å². The number of amides is 1. The van der Waals surface area contributed by atoms with Gasteiger partial charge in [-0.3, -0.25) is 4.79 Å². The van der Waals surface area contributed by atoms with Crippen molar-refractivity contribution in [2.24, 2.45) is 0 Å². The maximum atomic E-state index is 12.0. The summed E-state index contributed by atoms with van der Waals surface area (Å²) < 4.78 is 0. The molecular formula is C11H15NO3S. The van der Waals surface area contributed by atoms with Crippen molar-refractivity contribution in [3.8, 4) is 0 Å². The number of carboxylic acids is 1. The molecule has 0 spiro atoms. The highest BCUT2D eigenvalue weighted by molar-refractivity contribution is 7.12. The average Bonchev–Trinajstić information content (AvgIpc) is 2.61. The fourth-order valence-electron chi connectivity index (χ4n) is 1.49. The van der Waals surface area contributed by atoms with E-state index in [1.165, 1.54) is 16.7 Å². The zero-order valence-electron chi connectivity index (χ0n) is 9.61. The molecule has 0 aliphatic carbocycles. The van der Waals surface area contributed by atoms with E-state index < -0.39 is 5.97 Å². The van der Waals surface area contributed by atoms with Gasteiger partial charge in [-0.05, 0) is 26.3 Å². The van der Waals surface area contributed by atoms with Crippen LogP contribution in [0.1, 0.15) is 39.4 Å². The van der Waals surface area contributed by atoms with E-state index in [2.05, 4.69) is 0 Å². The van der Waals surface area contributed by atoms with Crippen LogP contribution in [0.3, 0.4) is 0 Å². The van der Waals surface area contributed by atoms with Crippen molar-refractivity contribution < 1.29 is 14.7 Å². The summed E-state index contributed by atoms with van der Waals surface area (Å²) in [4.78, 5) is 25.1. The second-order valence-corrected chi connectivity index (χ2v) is 4.27. The van der Waals surface area contributed by atoms with Gasteiger partial charge in [-0.2, -0.15) is 0 Å². The van der Waals surface area contributed by atoms with Gasteiger partial charge in [0.05, 0.1) is 10.4 Å². The molecule has 1 heterocycles. The number of hydrogen-bond acceptors (Lipinski definition) is 3. The van der Waals surface area contributed by atoms with E-state index in [1.54, 1.807) is 11.8 Å². The second kappa shape index (κ2) is 5.12. The van der Waals surface area contributed by atoms with Gasteiger partial charge in [0, 0.05) is 18.5 Å². The molecule has 0 radical (unpaired) electrons. The summed E-state index contributed by atoms with van der Waals surface area (Å²) in [7, 11) is 0. The first-order chi connectivity index (χ1) is 7.52. The molecule has 1 aromatic heterocycles. The van der Waals surface area contributed by atoms with Gasteiger partial charge in [0.15, 0.2) is 0 Å². The van der Waals surface area contributed by atoms with Crippen molar-refractivity contribution in [3.05, 3.63) is 21.4 Å². The molecule has 0 fully saturated rings. The van der Waals surface area contributed by atoms with Gasteiger partial charge in [0.2, 0.25) is 0 Å². The molecule has 0 aromatic carbocycles. The predicted molar refractivity (Wildman–Crippen MR) is 63.3 cm³/mol. The van der Waals surface area contributed by atoms with Crippen LogP contribution in [0.2, 0.25) is 0 Å². The van der Waals surface area contributed by atoms with Crippen molar-refractivity contribution in [1.29, 1.82) is 0 Å². The highest BCUT2D eigenvalue weighted by Gasteiger charge is 2.21. The normalized spacial score (nSPS) is 10.2. The third kappa shape index (κ3) is 2.24. The Bertz CT molecular complexity index is 407. The van der Waals surface area contributed by atoms with Crippen LogP contribution in [0.15, 0.2) is 5.38 Å². The van der Waals surface area contributed by atoms with Crippen molar-refractivity contribution in [3.63, 3.8) is 0 Å². The molecular weight excluding hydrogens is 226 g/mol. The number of carbonyl (C=O) groups is 2. The van der Waals surface area contributed by atoms with Crippen LogP contribution in [0.25, 0.3) is 0 Å². The molecule has 16 heavy (non-hydrogen) atoms. The summed E-state index contributed by atoms with van der Waals surface area (Å²) in [6.07, 6.45) is 0. The summed E-state index contributed by atoms with van der Waals surface area (Å²) in [6, 6.07) is 0. The molecule has 1 amide bonds. The zero-order chi connectivity index (χ0) is 12.3. The van der Waals surface area contributed by atoms with Gasteiger partial charge < -0.3 is 10.0 Å². The van der Waals surface area contributed by atoms with E-state index in [1.807, 2.05) is 13.8 Å². The highest BCUT2D eigenvalue weighted by Crippen LogP contribution is 2.23. The number of hydrogen-bond donors (Lipinski definition) is 1. The number of thiophene rings is 1. The van der Waals surface area contributed by atoms with E-state index in [9.17, 15) is 9.59 Å². The smallest absolute Gasteiger partial charge is 0.336 e. The van der Waals surface area contributed by atoms with Crippen LogP contribution in [-0.2, 0) is 0 Å². The van der Waals surface area contributed by atoms with Crippen molar-refractivity contribution in [2.45, 2.75) is 20.8 Å². The van der Waals surface area contributed by atoms with Gasteiger partial charge in [-0.1, -0.05) is 0 Å². The number of carboxylic acid groups (broad SMARTS) is 1. The topological polar surface area (TPSA) is 57.6 Å². The lowest BCUT2D eigenvalue weighted by Crippen LogP contribution is -2.30. The SMILES string of the molecule is CCN(CC)C(=O)c1scc(C(=O)O)c1C. The Morgan fingerprint density at radius 2 is 1.94 bits per heavy atom. The van der Waals surface area contributed by atoms with Crippen LogP contribution in [-0.4, -0.2) is 35.0 Å². The zero-order valence-corrected chi connectivity index (χ0v) is 10.4. The Morgan fingerprint density at radius 1 is 1.38 bits per heavy atom. The average molecular weight is 241 g/mol. The maximum absolute atomic E-state index is 12.0. The van der Waals surface area contributed by atoms with Gasteiger partial charge in [-0.25, -0.2) is 4.79 Å². The molecule has 0 saturated heterocycles. The summed E-state index contributed by atoms with van der Waals surface area (Å²) in [5.41, 5.74) is 0.787. The third-order valence-corrected chi connectivity index (χ3v) is 3.58. The van der Waals surface area contributed by atoms with E-state index in [0.717, 1.165) is 0 Å². The van der Waals surface area contributed by atoms with Gasteiger partial charge in [0.1, 0.15) is 0 Å². The maximum Gasteiger partial charge on any atom is 0.336 e. The van der Waals surface area contributed by atoms with Gasteiger partial charge in [-0.15, -0.1) is 11.3 Å². The first kappa shape index (κ1) is 12.7. The van der Waals surface area contributed by atoms with Crippen molar-refractivity contribution >= 4 is 23.2 Å². The Kier molecular flexibility index (Phi) is 4.06. The van der Waals surface area contributed by atoms with E-state index in [4.69, 9.17) is 5.11 Å². The quantitative estimate of drug-likeness (QED) is 0.879. The molecule has 0 bridgehead atoms. The van der Waals surface area contributed by atoms with Crippen LogP contribution >= 0.6 is 11.3 Å². The van der Waals surface area contributed by atoms with Crippen molar-refractivity contribution in [2.75, 3.05) is 13.1 Å². The number of rotatable bonds is 4. The lowest BCUT2D eigenvalue weighted by atomic mass is 10.1. The largest absolute Gasteiger partial charge is 0.478 e. The van der Waals surface area contributed by atoms with E-state index in [-0.39, 0.29) is 11.5 Å². The van der Waals surface area contributed by atoms with Crippen LogP contribution in [0, 0.1) is 6.92 Å². The van der Waals surface area contributed by atoms with E-state index in [0.29, 0.717) is 23.5 Å². The Labute approximate surface area is 98.5 Å². The van der Waals surface area contributed by atoms with Crippen LogP contribution in [0.5, 0.6) is 0 Å². The molecule has 0 aliphatic rings. The minimum Gasteiger partial charge on any atom is -0.478 e. The molecule has 1 aromatic rings. The molecule has 5 heteroatoms. The Balaban J connectivity index is 3.05.